The van der Waals surface area contributed by atoms with E-state index in [1.54, 1.807) is 13.2 Å². The molecule has 0 bridgehead atoms. The fraction of sp³-hybridized carbons (Fsp3) is 0.250. The third-order valence-electron chi connectivity index (χ3n) is 3.57. The van der Waals surface area contributed by atoms with E-state index in [1.807, 2.05) is 24.3 Å². The van der Waals surface area contributed by atoms with E-state index in [4.69, 9.17) is 20.8 Å². The van der Waals surface area contributed by atoms with Crippen LogP contribution in [0.4, 0.5) is 0 Å². The average Bonchev–Trinajstić information content (AvgIpc) is 3.35. The number of nitrogens with zero attached hydrogens (tertiary/aromatic N) is 4. The predicted molar refractivity (Wildman–Crippen MR) is 89.4 cm³/mol. The summed E-state index contributed by atoms with van der Waals surface area (Å²) in [4.78, 5) is 8.79. The van der Waals surface area contributed by atoms with Gasteiger partial charge in [-0.1, -0.05) is 11.6 Å². The van der Waals surface area contributed by atoms with Crippen molar-refractivity contribution in [2.75, 3.05) is 7.11 Å². The third-order valence-corrected chi connectivity index (χ3v) is 4.52. The molecule has 0 amide bonds. The molecule has 3 aromatic rings. The molecule has 0 atom stereocenters. The molecule has 8 heteroatoms. The van der Waals surface area contributed by atoms with Crippen molar-refractivity contribution in [2.24, 2.45) is 0 Å². The quantitative estimate of drug-likeness (QED) is 0.630. The van der Waals surface area contributed by atoms with E-state index < -0.39 is 0 Å². The number of hydrogen-bond donors (Lipinski definition) is 0. The summed E-state index contributed by atoms with van der Waals surface area (Å²) in [6.07, 6.45) is 2.24. The summed E-state index contributed by atoms with van der Waals surface area (Å²) in [5, 5.41) is 9.70. The molecule has 0 aliphatic heterocycles. The lowest BCUT2D eigenvalue weighted by molar-refractivity contribution is 0.414. The maximum absolute atomic E-state index is 6.07. The lowest BCUT2D eigenvalue weighted by Gasteiger charge is -2.01. The second kappa shape index (κ2) is 6.41. The van der Waals surface area contributed by atoms with E-state index >= 15 is 0 Å². The monoisotopic (exact) mass is 360 g/mol. The normalized spacial score (nSPS) is 13.9. The molecule has 2 aromatic heterocycles. The fourth-order valence-corrected chi connectivity index (χ4v) is 3.13. The Labute approximate surface area is 147 Å². The number of benzene rings is 1. The molecule has 1 aromatic carbocycles. The minimum Gasteiger partial charge on any atom is -0.497 e. The van der Waals surface area contributed by atoms with Crippen LogP contribution in [0.2, 0.25) is 5.15 Å². The number of halogens is 1. The summed E-state index contributed by atoms with van der Waals surface area (Å²) >= 11 is 7.36. The molecule has 24 heavy (non-hydrogen) atoms. The maximum Gasteiger partial charge on any atom is 0.283 e. The van der Waals surface area contributed by atoms with E-state index in [2.05, 4.69) is 20.2 Å². The first-order valence-electron chi connectivity index (χ1n) is 7.41. The number of methoxy groups -OCH3 is 1. The van der Waals surface area contributed by atoms with Crippen molar-refractivity contribution in [3.63, 3.8) is 0 Å². The Morgan fingerprint density at radius 2 is 1.96 bits per heavy atom. The van der Waals surface area contributed by atoms with Gasteiger partial charge in [-0.2, -0.15) is 0 Å². The number of ether oxygens (including phenoxy) is 1. The Balaban J connectivity index is 1.54. The molecule has 1 saturated carbocycles. The van der Waals surface area contributed by atoms with Crippen LogP contribution in [0.15, 0.2) is 45.0 Å². The molecule has 122 valence electrons. The van der Waals surface area contributed by atoms with Gasteiger partial charge in [-0.3, -0.25) is 0 Å². The van der Waals surface area contributed by atoms with Gasteiger partial charge in [0.15, 0.2) is 0 Å². The van der Waals surface area contributed by atoms with Gasteiger partial charge in [0, 0.05) is 17.5 Å². The van der Waals surface area contributed by atoms with Gasteiger partial charge in [0.1, 0.15) is 21.8 Å². The molecule has 0 radical (unpaired) electrons. The molecule has 0 unspecified atom stereocenters. The standard InChI is InChI=1S/C16H13ClN4O2S/c1-22-11-6-4-10(5-7-11)15-20-21-16(23-15)24-13-8-12(17)18-14(19-13)9-2-3-9/h4-9H,2-3H2,1H3. The third kappa shape index (κ3) is 3.37. The SMILES string of the molecule is COc1ccc(-c2nnc(Sc3cc(Cl)nc(C4CC4)n3)o2)cc1. The first kappa shape index (κ1) is 15.4. The Hall–Kier alpha value is -2.12. The summed E-state index contributed by atoms with van der Waals surface area (Å²) in [7, 11) is 1.62. The summed E-state index contributed by atoms with van der Waals surface area (Å²) in [6.45, 7) is 0. The molecule has 1 fully saturated rings. The van der Waals surface area contributed by atoms with Crippen LogP contribution in [0.1, 0.15) is 24.6 Å². The van der Waals surface area contributed by atoms with Crippen molar-refractivity contribution in [3.8, 4) is 17.2 Å². The minimum absolute atomic E-state index is 0.414. The topological polar surface area (TPSA) is 73.9 Å². The van der Waals surface area contributed by atoms with E-state index in [0.29, 0.717) is 27.2 Å². The zero-order valence-corrected chi connectivity index (χ0v) is 14.3. The molecule has 2 heterocycles. The van der Waals surface area contributed by atoms with Gasteiger partial charge in [-0.25, -0.2) is 9.97 Å². The smallest absolute Gasteiger partial charge is 0.283 e. The van der Waals surface area contributed by atoms with Crippen LogP contribution in [0.5, 0.6) is 5.75 Å². The van der Waals surface area contributed by atoms with Crippen molar-refractivity contribution in [1.29, 1.82) is 0 Å². The van der Waals surface area contributed by atoms with Crippen LogP contribution < -0.4 is 4.74 Å². The van der Waals surface area contributed by atoms with Crippen molar-refractivity contribution >= 4 is 23.4 Å². The highest BCUT2D eigenvalue weighted by molar-refractivity contribution is 7.99. The van der Waals surface area contributed by atoms with Crippen LogP contribution in [0.25, 0.3) is 11.5 Å². The van der Waals surface area contributed by atoms with E-state index in [0.717, 1.165) is 30.0 Å². The Bertz CT molecular complexity index is 865. The lowest BCUT2D eigenvalue weighted by atomic mass is 10.2. The summed E-state index contributed by atoms with van der Waals surface area (Å²) < 4.78 is 10.8. The molecule has 6 nitrogen and oxygen atoms in total. The maximum atomic E-state index is 6.07. The Morgan fingerprint density at radius 3 is 2.67 bits per heavy atom. The molecule has 4 rings (SSSR count). The Kier molecular flexibility index (Phi) is 4.12. The summed E-state index contributed by atoms with van der Waals surface area (Å²) in [5.41, 5.74) is 0.828. The highest BCUT2D eigenvalue weighted by atomic mass is 35.5. The van der Waals surface area contributed by atoms with Gasteiger partial charge < -0.3 is 9.15 Å². The van der Waals surface area contributed by atoms with Crippen LogP contribution in [0, 0.1) is 0 Å². The molecule has 0 N–H and O–H groups in total. The number of hydrogen-bond acceptors (Lipinski definition) is 7. The molecule has 1 aliphatic rings. The Morgan fingerprint density at radius 1 is 1.17 bits per heavy atom. The van der Waals surface area contributed by atoms with Gasteiger partial charge in [-0.15, -0.1) is 10.2 Å². The molecule has 0 saturated heterocycles. The van der Waals surface area contributed by atoms with Crippen LogP contribution >= 0.6 is 23.4 Å². The van der Waals surface area contributed by atoms with Crippen molar-refractivity contribution in [3.05, 3.63) is 41.3 Å². The molecule has 1 aliphatic carbocycles. The predicted octanol–water partition coefficient (Wildman–Crippen LogP) is 4.22. The highest BCUT2D eigenvalue weighted by Gasteiger charge is 2.27. The van der Waals surface area contributed by atoms with Gasteiger partial charge in [0.05, 0.1) is 7.11 Å². The van der Waals surface area contributed by atoms with Crippen molar-refractivity contribution in [2.45, 2.75) is 29.0 Å². The van der Waals surface area contributed by atoms with Crippen LogP contribution in [0.3, 0.4) is 0 Å². The largest absolute Gasteiger partial charge is 0.497 e. The second-order valence-electron chi connectivity index (χ2n) is 5.37. The van der Waals surface area contributed by atoms with Gasteiger partial charge in [0.25, 0.3) is 5.22 Å². The van der Waals surface area contributed by atoms with Crippen molar-refractivity contribution in [1.82, 2.24) is 20.2 Å². The number of rotatable bonds is 5. The van der Waals surface area contributed by atoms with Crippen LogP contribution in [-0.4, -0.2) is 27.3 Å². The summed E-state index contributed by atoms with van der Waals surface area (Å²) in [5.74, 6) is 2.44. The van der Waals surface area contributed by atoms with E-state index in [9.17, 15) is 0 Å². The van der Waals surface area contributed by atoms with Gasteiger partial charge in [-0.05, 0) is 48.9 Å². The number of aromatic nitrogens is 4. The summed E-state index contributed by atoms with van der Waals surface area (Å²) in [6, 6.07) is 9.13. The highest BCUT2D eigenvalue weighted by Crippen LogP contribution is 2.39. The zero-order valence-electron chi connectivity index (χ0n) is 12.8. The van der Waals surface area contributed by atoms with Crippen molar-refractivity contribution < 1.29 is 9.15 Å². The minimum atomic E-state index is 0.414. The molecule has 0 spiro atoms. The molecular formula is C16H13ClN4O2S. The molecular weight excluding hydrogens is 348 g/mol. The fourth-order valence-electron chi connectivity index (χ4n) is 2.18. The average molecular weight is 361 g/mol. The van der Waals surface area contributed by atoms with E-state index in [-0.39, 0.29) is 0 Å². The van der Waals surface area contributed by atoms with Gasteiger partial charge >= 0.3 is 0 Å². The first-order chi connectivity index (χ1) is 11.7. The lowest BCUT2D eigenvalue weighted by Crippen LogP contribution is -1.94. The van der Waals surface area contributed by atoms with Crippen LogP contribution in [-0.2, 0) is 0 Å². The van der Waals surface area contributed by atoms with Gasteiger partial charge in [0.2, 0.25) is 5.89 Å². The first-order valence-corrected chi connectivity index (χ1v) is 8.61. The zero-order chi connectivity index (χ0) is 16.5. The van der Waals surface area contributed by atoms with E-state index in [1.165, 1.54) is 11.8 Å². The second-order valence-corrected chi connectivity index (χ2v) is 6.72.